The van der Waals surface area contributed by atoms with Gasteiger partial charge in [0.05, 0.1) is 17.8 Å². The Morgan fingerprint density at radius 2 is 1.86 bits per heavy atom. The first kappa shape index (κ1) is 15.2. The third-order valence-electron chi connectivity index (χ3n) is 3.01. The van der Waals surface area contributed by atoms with Crippen LogP contribution < -0.4 is 17.0 Å². The molecule has 0 saturated heterocycles. The average Bonchev–Trinajstić information content (AvgIpc) is 2.42. The van der Waals surface area contributed by atoms with Crippen molar-refractivity contribution in [2.24, 2.45) is 5.84 Å². The number of rotatable bonds is 3. The molecule has 0 fully saturated rings. The van der Waals surface area contributed by atoms with Crippen LogP contribution in [0.4, 0.5) is 23.2 Å². The SMILES string of the molecule is NNC(c1cc(C(F)(F)F)ccc1N)c1ccncc1F. The van der Waals surface area contributed by atoms with Crippen LogP contribution in [0.2, 0.25) is 0 Å². The first-order valence-electron chi connectivity index (χ1n) is 5.86. The molecule has 0 aliphatic carbocycles. The molecule has 0 aliphatic heterocycles. The van der Waals surface area contributed by atoms with Gasteiger partial charge in [-0.15, -0.1) is 0 Å². The fourth-order valence-electron chi connectivity index (χ4n) is 1.97. The van der Waals surface area contributed by atoms with Crippen LogP contribution in [-0.4, -0.2) is 4.98 Å². The summed E-state index contributed by atoms with van der Waals surface area (Å²) < 4.78 is 52.1. The van der Waals surface area contributed by atoms with Crippen molar-refractivity contribution in [3.05, 3.63) is 59.2 Å². The molecule has 1 aromatic heterocycles. The molecule has 0 aliphatic rings. The second kappa shape index (κ2) is 5.66. The van der Waals surface area contributed by atoms with Crippen LogP contribution in [0.1, 0.15) is 22.7 Å². The van der Waals surface area contributed by atoms with E-state index in [0.29, 0.717) is 0 Å². The molecule has 1 atom stereocenters. The monoisotopic (exact) mass is 300 g/mol. The Kier molecular flexibility index (Phi) is 4.10. The van der Waals surface area contributed by atoms with Crippen molar-refractivity contribution in [2.45, 2.75) is 12.2 Å². The standard InChI is InChI=1S/C13H12F4N4/c14-10-6-20-4-3-8(10)12(21-19)9-5-7(13(15,16)17)1-2-11(9)18/h1-6,12,21H,18-19H2. The molecule has 1 aromatic carbocycles. The lowest BCUT2D eigenvalue weighted by atomic mass is 9.96. The maximum Gasteiger partial charge on any atom is 0.416 e. The number of hydrogen-bond donors (Lipinski definition) is 3. The smallest absolute Gasteiger partial charge is 0.398 e. The van der Waals surface area contributed by atoms with Crippen molar-refractivity contribution in [1.29, 1.82) is 0 Å². The fraction of sp³-hybridized carbons (Fsp3) is 0.154. The highest BCUT2D eigenvalue weighted by Gasteiger charge is 2.32. The number of hydrazine groups is 1. The minimum atomic E-state index is -4.53. The van der Waals surface area contributed by atoms with E-state index >= 15 is 0 Å². The Morgan fingerprint density at radius 1 is 1.14 bits per heavy atom. The summed E-state index contributed by atoms with van der Waals surface area (Å²) in [5, 5.41) is 0. The van der Waals surface area contributed by atoms with Crippen molar-refractivity contribution in [3.63, 3.8) is 0 Å². The Hall–Kier alpha value is -2.19. The Balaban J connectivity index is 2.55. The number of hydrogen-bond acceptors (Lipinski definition) is 4. The van der Waals surface area contributed by atoms with Gasteiger partial charge in [-0.2, -0.15) is 13.2 Å². The average molecular weight is 300 g/mol. The number of nitrogens with one attached hydrogen (secondary N) is 1. The summed E-state index contributed by atoms with van der Waals surface area (Å²) in [6.45, 7) is 0. The van der Waals surface area contributed by atoms with Gasteiger partial charge in [0.15, 0.2) is 0 Å². The molecule has 112 valence electrons. The van der Waals surface area contributed by atoms with Crippen LogP contribution in [0.5, 0.6) is 0 Å². The summed E-state index contributed by atoms with van der Waals surface area (Å²) in [5.41, 5.74) is 7.25. The first-order valence-corrected chi connectivity index (χ1v) is 5.86. The van der Waals surface area contributed by atoms with Gasteiger partial charge in [-0.3, -0.25) is 10.8 Å². The second-order valence-electron chi connectivity index (χ2n) is 4.34. The van der Waals surface area contributed by atoms with Crippen molar-refractivity contribution in [1.82, 2.24) is 10.4 Å². The molecule has 4 nitrogen and oxygen atoms in total. The number of nitrogens with zero attached hydrogens (tertiary/aromatic N) is 1. The summed E-state index contributed by atoms with van der Waals surface area (Å²) >= 11 is 0. The summed E-state index contributed by atoms with van der Waals surface area (Å²) in [4.78, 5) is 3.58. The van der Waals surface area contributed by atoms with Crippen molar-refractivity contribution in [2.75, 3.05) is 5.73 Å². The number of halogens is 4. The zero-order valence-electron chi connectivity index (χ0n) is 10.7. The molecule has 0 saturated carbocycles. The van der Waals surface area contributed by atoms with Crippen LogP contribution in [0.25, 0.3) is 0 Å². The third-order valence-corrected chi connectivity index (χ3v) is 3.01. The predicted molar refractivity (Wildman–Crippen MR) is 69.2 cm³/mol. The van der Waals surface area contributed by atoms with Gasteiger partial charge in [0.2, 0.25) is 0 Å². The van der Waals surface area contributed by atoms with Crippen LogP contribution in [0.15, 0.2) is 36.7 Å². The van der Waals surface area contributed by atoms with Crippen molar-refractivity contribution >= 4 is 5.69 Å². The lowest BCUT2D eigenvalue weighted by Crippen LogP contribution is -2.30. The molecule has 1 heterocycles. The topological polar surface area (TPSA) is 77.0 Å². The van der Waals surface area contributed by atoms with Crippen molar-refractivity contribution < 1.29 is 17.6 Å². The number of benzene rings is 1. The normalized spacial score (nSPS) is 13.2. The van der Waals surface area contributed by atoms with E-state index in [-0.39, 0.29) is 16.8 Å². The fourth-order valence-corrected chi connectivity index (χ4v) is 1.97. The van der Waals surface area contributed by atoms with Crippen LogP contribution in [0, 0.1) is 5.82 Å². The molecule has 1 unspecified atom stereocenters. The van der Waals surface area contributed by atoms with E-state index < -0.39 is 23.6 Å². The van der Waals surface area contributed by atoms with Gasteiger partial charge in [0.25, 0.3) is 0 Å². The van der Waals surface area contributed by atoms with Gasteiger partial charge in [0, 0.05) is 17.4 Å². The van der Waals surface area contributed by atoms with Crippen LogP contribution >= 0.6 is 0 Å². The highest BCUT2D eigenvalue weighted by molar-refractivity contribution is 5.53. The number of anilines is 1. The number of alkyl halides is 3. The molecule has 0 bridgehead atoms. The predicted octanol–water partition coefficient (Wildman–Crippen LogP) is 2.37. The van der Waals surface area contributed by atoms with E-state index in [2.05, 4.69) is 10.4 Å². The maximum absolute atomic E-state index is 13.8. The number of nitrogens with two attached hydrogens (primary N) is 2. The summed E-state index contributed by atoms with van der Waals surface area (Å²) in [6.07, 6.45) is -2.27. The quantitative estimate of drug-likeness (QED) is 0.352. The largest absolute Gasteiger partial charge is 0.416 e. The summed E-state index contributed by atoms with van der Waals surface area (Å²) in [6, 6.07) is 3.12. The molecule has 5 N–H and O–H groups in total. The van der Waals surface area contributed by atoms with Gasteiger partial charge in [-0.1, -0.05) is 0 Å². The van der Waals surface area contributed by atoms with E-state index in [1.165, 1.54) is 12.3 Å². The molecule has 0 amide bonds. The molecule has 21 heavy (non-hydrogen) atoms. The van der Waals surface area contributed by atoms with Crippen molar-refractivity contribution in [3.8, 4) is 0 Å². The second-order valence-corrected chi connectivity index (χ2v) is 4.34. The van der Waals surface area contributed by atoms with E-state index in [9.17, 15) is 17.6 Å². The molecule has 8 heteroatoms. The molecular formula is C13H12F4N4. The van der Waals surface area contributed by atoms with Gasteiger partial charge in [-0.05, 0) is 29.8 Å². The van der Waals surface area contributed by atoms with Crippen LogP contribution in [-0.2, 0) is 6.18 Å². The lowest BCUT2D eigenvalue weighted by molar-refractivity contribution is -0.137. The minimum absolute atomic E-state index is 0.0393. The summed E-state index contributed by atoms with van der Waals surface area (Å²) in [5.74, 6) is 4.66. The van der Waals surface area contributed by atoms with Crippen LogP contribution in [0.3, 0.4) is 0 Å². The maximum atomic E-state index is 13.8. The number of aromatic nitrogens is 1. The van der Waals surface area contributed by atoms with E-state index in [1.807, 2.05) is 0 Å². The Labute approximate surface area is 117 Å². The zero-order chi connectivity index (χ0) is 15.6. The minimum Gasteiger partial charge on any atom is -0.398 e. The Bertz CT molecular complexity index is 642. The van der Waals surface area contributed by atoms with E-state index in [4.69, 9.17) is 11.6 Å². The lowest BCUT2D eigenvalue weighted by Gasteiger charge is -2.20. The molecule has 2 rings (SSSR count). The highest BCUT2D eigenvalue weighted by atomic mass is 19.4. The highest BCUT2D eigenvalue weighted by Crippen LogP contribution is 2.34. The molecule has 0 spiro atoms. The number of nitrogen functional groups attached to an aromatic ring is 1. The van der Waals surface area contributed by atoms with E-state index in [1.54, 1.807) is 0 Å². The Morgan fingerprint density at radius 3 is 2.43 bits per heavy atom. The van der Waals surface area contributed by atoms with Gasteiger partial charge in [-0.25, -0.2) is 9.82 Å². The first-order chi connectivity index (χ1) is 9.84. The van der Waals surface area contributed by atoms with Gasteiger partial charge in [0.1, 0.15) is 5.82 Å². The summed E-state index contributed by atoms with van der Waals surface area (Å²) in [7, 11) is 0. The van der Waals surface area contributed by atoms with Gasteiger partial charge >= 0.3 is 6.18 Å². The van der Waals surface area contributed by atoms with E-state index in [0.717, 1.165) is 24.4 Å². The number of pyridine rings is 1. The zero-order valence-corrected chi connectivity index (χ0v) is 10.7. The molecule has 2 aromatic rings. The van der Waals surface area contributed by atoms with Gasteiger partial charge < -0.3 is 5.73 Å². The third kappa shape index (κ3) is 3.11. The molecule has 0 radical (unpaired) electrons. The molecular weight excluding hydrogens is 288 g/mol.